The van der Waals surface area contributed by atoms with Gasteiger partial charge in [-0.1, -0.05) is 46.3 Å². The van der Waals surface area contributed by atoms with Crippen LogP contribution < -0.4 is 11.1 Å². The number of alkyl halides is 1. The van der Waals surface area contributed by atoms with Crippen molar-refractivity contribution in [3.63, 3.8) is 0 Å². The molecule has 3 aromatic rings. The molecule has 0 radical (unpaired) electrons. The van der Waals surface area contributed by atoms with Crippen molar-refractivity contribution in [2.45, 2.75) is 11.8 Å². The number of aromatic amines is 2. The molecule has 5 heteroatoms. The van der Waals surface area contributed by atoms with Gasteiger partial charge in [0.25, 0.3) is 0 Å². The summed E-state index contributed by atoms with van der Waals surface area (Å²) in [7, 11) is 0. The van der Waals surface area contributed by atoms with E-state index in [0.29, 0.717) is 11.0 Å². The Morgan fingerprint density at radius 2 is 1.62 bits per heavy atom. The van der Waals surface area contributed by atoms with Gasteiger partial charge in [-0.05, 0) is 35.7 Å². The molecular weight excluding hydrogens is 332 g/mol. The first kappa shape index (κ1) is 13.8. The number of rotatable bonds is 2. The number of H-pyrrole nitrogens is 2. The zero-order valence-electron chi connectivity index (χ0n) is 11.3. The first-order valence-corrected chi connectivity index (χ1v) is 7.43. The first-order chi connectivity index (χ1) is 10.1. The highest BCUT2D eigenvalue weighted by atomic mass is 79.9. The average Bonchev–Trinajstić information content (AvgIpc) is 2.48. The van der Waals surface area contributed by atoms with Gasteiger partial charge < -0.3 is 9.97 Å². The van der Waals surface area contributed by atoms with Crippen molar-refractivity contribution in [2.24, 2.45) is 0 Å². The van der Waals surface area contributed by atoms with Crippen LogP contribution in [-0.2, 0) is 0 Å². The van der Waals surface area contributed by atoms with Gasteiger partial charge in [-0.2, -0.15) is 0 Å². The van der Waals surface area contributed by atoms with Crippen LogP contribution >= 0.6 is 15.9 Å². The van der Waals surface area contributed by atoms with Crippen LogP contribution in [0.1, 0.15) is 21.5 Å². The summed E-state index contributed by atoms with van der Waals surface area (Å²) in [5.41, 5.74) is 3.34. The van der Waals surface area contributed by atoms with E-state index in [2.05, 4.69) is 45.0 Å². The predicted molar refractivity (Wildman–Crippen MR) is 87.1 cm³/mol. The molecule has 2 aromatic carbocycles. The van der Waals surface area contributed by atoms with E-state index in [0.717, 1.165) is 5.56 Å². The number of nitrogens with one attached hydrogen (secondary N) is 2. The van der Waals surface area contributed by atoms with Crippen LogP contribution in [0.4, 0.5) is 0 Å². The summed E-state index contributed by atoms with van der Waals surface area (Å²) >= 11 is 3.70. The highest BCUT2D eigenvalue weighted by molar-refractivity contribution is 9.09. The first-order valence-electron chi connectivity index (χ1n) is 6.52. The summed E-state index contributed by atoms with van der Waals surface area (Å²) in [5.74, 6) is 0. The monoisotopic (exact) mass is 344 g/mol. The van der Waals surface area contributed by atoms with Crippen LogP contribution in [-0.4, -0.2) is 9.97 Å². The molecule has 4 nitrogen and oxygen atoms in total. The highest BCUT2D eigenvalue weighted by Crippen LogP contribution is 2.33. The largest absolute Gasteiger partial charge is 0.316 e. The van der Waals surface area contributed by atoms with E-state index in [1.807, 2.05) is 24.3 Å². The lowest BCUT2D eigenvalue weighted by Gasteiger charge is -2.14. The van der Waals surface area contributed by atoms with Crippen molar-refractivity contribution in [2.75, 3.05) is 0 Å². The van der Waals surface area contributed by atoms with Crippen molar-refractivity contribution >= 4 is 27.0 Å². The molecule has 3 rings (SSSR count). The van der Waals surface area contributed by atoms with Gasteiger partial charge in [0, 0.05) is 0 Å². The van der Waals surface area contributed by atoms with Gasteiger partial charge >= 0.3 is 11.1 Å². The third-order valence-corrected chi connectivity index (χ3v) is 4.52. The number of aryl methyl sites for hydroxylation is 1. The van der Waals surface area contributed by atoms with Gasteiger partial charge in [-0.15, -0.1) is 0 Å². The average molecular weight is 345 g/mol. The highest BCUT2D eigenvalue weighted by Gasteiger charge is 2.13. The lowest BCUT2D eigenvalue weighted by Crippen LogP contribution is -2.28. The Balaban J connectivity index is 2.13. The van der Waals surface area contributed by atoms with E-state index in [9.17, 15) is 9.59 Å². The Kier molecular flexibility index (Phi) is 3.51. The zero-order valence-corrected chi connectivity index (χ0v) is 12.9. The molecule has 0 aliphatic carbocycles. The van der Waals surface area contributed by atoms with Gasteiger partial charge in [-0.3, -0.25) is 9.59 Å². The Labute approximate surface area is 129 Å². The molecule has 1 unspecified atom stereocenters. The Morgan fingerprint density at radius 3 is 2.33 bits per heavy atom. The second-order valence-corrected chi connectivity index (χ2v) is 5.85. The molecule has 0 saturated carbocycles. The van der Waals surface area contributed by atoms with E-state index >= 15 is 0 Å². The lowest BCUT2D eigenvalue weighted by molar-refractivity contribution is 1.12. The smallest absolute Gasteiger partial charge is 0.314 e. The maximum Gasteiger partial charge on any atom is 0.314 e. The van der Waals surface area contributed by atoms with Crippen LogP contribution in [0.3, 0.4) is 0 Å². The Bertz CT molecular complexity index is 927. The number of fused-ring (bicyclic) bond motifs is 1. The fourth-order valence-corrected chi connectivity index (χ4v) is 3.14. The van der Waals surface area contributed by atoms with Crippen molar-refractivity contribution < 1.29 is 0 Å². The van der Waals surface area contributed by atoms with Gasteiger partial charge in [0.1, 0.15) is 0 Å². The molecule has 0 aliphatic rings. The van der Waals surface area contributed by atoms with Crippen LogP contribution in [0.2, 0.25) is 0 Å². The van der Waals surface area contributed by atoms with Gasteiger partial charge in [0.15, 0.2) is 0 Å². The fourth-order valence-electron chi connectivity index (χ4n) is 2.34. The SMILES string of the molecule is Cc1ccccc1C(Br)c1ccc2[nH]c(=O)c(=O)[nH]c2c1. The second-order valence-electron chi connectivity index (χ2n) is 4.93. The molecule has 1 atom stereocenters. The van der Waals surface area contributed by atoms with E-state index in [1.165, 1.54) is 11.1 Å². The molecule has 0 bridgehead atoms. The van der Waals surface area contributed by atoms with Crippen molar-refractivity contribution in [1.29, 1.82) is 0 Å². The van der Waals surface area contributed by atoms with Crippen LogP contribution in [0.15, 0.2) is 52.1 Å². The number of halogens is 1. The predicted octanol–water partition coefficient (Wildman–Crippen LogP) is 3.01. The molecule has 0 aliphatic heterocycles. The molecular formula is C16H13BrN2O2. The normalized spacial score (nSPS) is 12.5. The van der Waals surface area contributed by atoms with Crippen molar-refractivity contribution in [3.05, 3.63) is 79.9 Å². The molecule has 1 aromatic heterocycles. The number of hydrogen-bond acceptors (Lipinski definition) is 2. The maximum absolute atomic E-state index is 11.4. The van der Waals surface area contributed by atoms with Crippen LogP contribution in [0, 0.1) is 6.92 Å². The summed E-state index contributed by atoms with van der Waals surface area (Å²) in [5, 5.41) is 0. The molecule has 1 heterocycles. The topological polar surface area (TPSA) is 65.7 Å². The standard InChI is InChI=1S/C16H13BrN2O2/c1-9-4-2-3-5-11(9)14(17)10-6-7-12-13(8-10)19-16(21)15(20)18-12/h2-8,14H,1H3,(H,18,20)(H,19,21). The van der Waals surface area contributed by atoms with E-state index < -0.39 is 11.1 Å². The van der Waals surface area contributed by atoms with Gasteiger partial charge in [0.2, 0.25) is 0 Å². The molecule has 2 N–H and O–H groups in total. The zero-order chi connectivity index (χ0) is 15.0. The summed E-state index contributed by atoms with van der Waals surface area (Å²) in [6.07, 6.45) is 0. The Morgan fingerprint density at radius 1 is 0.952 bits per heavy atom. The minimum Gasteiger partial charge on any atom is -0.316 e. The molecule has 106 valence electrons. The van der Waals surface area contributed by atoms with Crippen molar-refractivity contribution in [3.8, 4) is 0 Å². The van der Waals surface area contributed by atoms with E-state index in [-0.39, 0.29) is 4.83 Å². The lowest BCUT2D eigenvalue weighted by atomic mass is 10.00. The minimum atomic E-state index is -0.637. The maximum atomic E-state index is 11.4. The summed E-state index contributed by atoms with van der Waals surface area (Å²) < 4.78 is 0. The number of aromatic nitrogens is 2. The third kappa shape index (κ3) is 2.56. The fraction of sp³-hybridized carbons (Fsp3) is 0.125. The van der Waals surface area contributed by atoms with Crippen LogP contribution in [0.25, 0.3) is 11.0 Å². The molecule has 0 saturated heterocycles. The quantitative estimate of drug-likeness (QED) is 0.554. The summed E-state index contributed by atoms with van der Waals surface area (Å²) in [6.45, 7) is 2.06. The van der Waals surface area contributed by atoms with Crippen molar-refractivity contribution in [1.82, 2.24) is 9.97 Å². The van der Waals surface area contributed by atoms with Crippen LogP contribution in [0.5, 0.6) is 0 Å². The molecule has 0 amide bonds. The molecule has 0 fully saturated rings. The summed E-state index contributed by atoms with van der Waals surface area (Å²) in [4.78, 5) is 27.9. The number of benzene rings is 2. The third-order valence-electron chi connectivity index (χ3n) is 3.50. The number of hydrogen-bond donors (Lipinski definition) is 2. The molecule has 21 heavy (non-hydrogen) atoms. The van der Waals surface area contributed by atoms with E-state index in [1.54, 1.807) is 6.07 Å². The van der Waals surface area contributed by atoms with Gasteiger partial charge in [0.05, 0.1) is 15.9 Å². The summed E-state index contributed by atoms with van der Waals surface area (Å²) in [6, 6.07) is 13.7. The molecule has 0 spiro atoms. The van der Waals surface area contributed by atoms with E-state index in [4.69, 9.17) is 0 Å². The minimum absolute atomic E-state index is 0.0264. The second kappa shape index (κ2) is 5.33. The van der Waals surface area contributed by atoms with Gasteiger partial charge in [-0.25, -0.2) is 0 Å². The Hall–Kier alpha value is -2.14.